The smallest absolute Gasteiger partial charge is 0.229 e. The van der Waals surface area contributed by atoms with Crippen LogP contribution in [0.15, 0.2) is 0 Å². The molecule has 2 amide bonds. The molecule has 0 saturated carbocycles. The van der Waals surface area contributed by atoms with Gasteiger partial charge in [-0.2, -0.15) is 0 Å². The number of piperidine rings is 1. The molecule has 0 radical (unpaired) electrons. The van der Waals surface area contributed by atoms with Crippen molar-refractivity contribution in [3.63, 3.8) is 0 Å². The van der Waals surface area contributed by atoms with Crippen LogP contribution in [-0.4, -0.2) is 31.7 Å². The number of imide groups is 1. The van der Waals surface area contributed by atoms with E-state index in [1.54, 1.807) is 6.92 Å². The summed E-state index contributed by atoms with van der Waals surface area (Å²) >= 11 is 0. The first kappa shape index (κ1) is 11.6. The molecule has 2 aliphatic rings. The van der Waals surface area contributed by atoms with E-state index in [2.05, 4.69) is 5.32 Å². The van der Waals surface area contributed by atoms with Crippen LogP contribution < -0.4 is 5.32 Å². The first-order valence-electron chi connectivity index (χ1n) is 5.39. The van der Waals surface area contributed by atoms with E-state index in [-0.39, 0.29) is 35.7 Å². The first-order chi connectivity index (χ1) is 7.35. The van der Waals surface area contributed by atoms with Crippen LogP contribution in [0, 0.1) is 11.3 Å². The number of nitrogens with one attached hydrogen (secondary N) is 1. The van der Waals surface area contributed by atoms with Crippen molar-refractivity contribution in [1.29, 1.82) is 0 Å². The minimum Gasteiger partial charge on any atom is -0.296 e. The highest BCUT2D eigenvalue weighted by molar-refractivity contribution is 7.91. The average Bonchev–Trinajstić information content (AvgIpc) is 2.19. The minimum absolute atomic E-state index is 0.0951. The van der Waals surface area contributed by atoms with Gasteiger partial charge in [0, 0.05) is 12.3 Å². The van der Waals surface area contributed by atoms with Crippen LogP contribution >= 0.6 is 0 Å². The van der Waals surface area contributed by atoms with Crippen molar-refractivity contribution in [3.05, 3.63) is 0 Å². The highest BCUT2D eigenvalue weighted by atomic mass is 32.2. The Morgan fingerprint density at radius 1 is 1.25 bits per heavy atom. The van der Waals surface area contributed by atoms with Crippen molar-refractivity contribution >= 4 is 21.7 Å². The maximum atomic E-state index is 11.6. The van der Waals surface area contributed by atoms with Gasteiger partial charge < -0.3 is 0 Å². The van der Waals surface area contributed by atoms with Gasteiger partial charge in [-0.25, -0.2) is 8.42 Å². The van der Waals surface area contributed by atoms with Crippen molar-refractivity contribution in [2.24, 2.45) is 11.3 Å². The SMILES string of the molecule is CC1C(=O)NC(=O)CC12CCS(=O)(=O)CC2. The molecule has 2 rings (SSSR count). The van der Waals surface area contributed by atoms with E-state index in [4.69, 9.17) is 0 Å². The van der Waals surface area contributed by atoms with Crippen molar-refractivity contribution in [1.82, 2.24) is 5.32 Å². The molecule has 0 bridgehead atoms. The summed E-state index contributed by atoms with van der Waals surface area (Å²) in [5.74, 6) is -0.630. The molecule has 5 nitrogen and oxygen atoms in total. The molecule has 1 atom stereocenters. The molecule has 1 spiro atoms. The van der Waals surface area contributed by atoms with Gasteiger partial charge in [0.2, 0.25) is 11.8 Å². The zero-order valence-corrected chi connectivity index (χ0v) is 9.97. The van der Waals surface area contributed by atoms with Crippen molar-refractivity contribution < 1.29 is 18.0 Å². The molecule has 0 aliphatic carbocycles. The summed E-state index contributed by atoms with van der Waals surface area (Å²) < 4.78 is 22.7. The van der Waals surface area contributed by atoms with Crippen LogP contribution in [0.2, 0.25) is 0 Å². The molecular weight excluding hydrogens is 230 g/mol. The molecule has 2 heterocycles. The molecule has 2 fully saturated rings. The first-order valence-corrected chi connectivity index (χ1v) is 7.21. The van der Waals surface area contributed by atoms with Crippen LogP contribution in [0.25, 0.3) is 0 Å². The minimum atomic E-state index is -2.96. The lowest BCUT2D eigenvalue weighted by atomic mass is 9.67. The quantitative estimate of drug-likeness (QED) is 0.603. The van der Waals surface area contributed by atoms with E-state index < -0.39 is 15.3 Å². The van der Waals surface area contributed by atoms with Crippen LogP contribution in [-0.2, 0) is 19.4 Å². The number of hydrogen-bond donors (Lipinski definition) is 1. The Bertz CT molecular complexity index is 426. The predicted octanol–water partition coefficient (Wildman–Crippen LogP) is -0.136. The van der Waals surface area contributed by atoms with Gasteiger partial charge in [-0.15, -0.1) is 0 Å². The third-order valence-corrected chi connectivity index (χ3v) is 5.56. The molecule has 0 aromatic rings. The van der Waals surface area contributed by atoms with Gasteiger partial charge >= 0.3 is 0 Å². The van der Waals surface area contributed by atoms with Crippen molar-refractivity contribution in [2.45, 2.75) is 26.2 Å². The maximum Gasteiger partial charge on any atom is 0.229 e. The summed E-state index contributed by atoms with van der Waals surface area (Å²) in [7, 11) is -2.96. The highest BCUT2D eigenvalue weighted by Gasteiger charge is 2.48. The molecule has 6 heteroatoms. The molecule has 2 aliphatic heterocycles. The Labute approximate surface area is 94.5 Å². The summed E-state index contributed by atoms with van der Waals surface area (Å²) in [6.45, 7) is 1.78. The number of sulfone groups is 1. The van der Waals surface area contributed by atoms with Gasteiger partial charge in [-0.05, 0) is 18.3 Å². The fourth-order valence-electron chi connectivity index (χ4n) is 2.60. The van der Waals surface area contributed by atoms with Crippen LogP contribution in [0.4, 0.5) is 0 Å². The molecule has 0 aromatic carbocycles. The Hall–Kier alpha value is -0.910. The number of hydrogen-bond acceptors (Lipinski definition) is 4. The largest absolute Gasteiger partial charge is 0.296 e. The van der Waals surface area contributed by atoms with Gasteiger partial charge in [0.1, 0.15) is 9.84 Å². The maximum absolute atomic E-state index is 11.6. The summed E-state index contributed by atoms with van der Waals surface area (Å²) in [5, 5.41) is 2.29. The van der Waals surface area contributed by atoms with Gasteiger partial charge in [-0.3, -0.25) is 14.9 Å². The Morgan fingerprint density at radius 3 is 2.38 bits per heavy atom. The van der Waals surface area contributed by atoms with Gasteiger partial charge in [-0.1, -0.05) is 6.92 Å². The van der Waals surface area contributed by atoms with Crippen molar-refractivity contribution in [2.75, 3.05) is 11.5 Å². The third kappa shape index (κ3) is 1.86. The van der Waals surface area contributed by atoms with Crippen molar-refractivity contribution in [3.8, 4) is 0 Å². The zero-order chi connectivity index (χ0) is 12.0. The fourth-order valence-corrected chi connectivity index (χ4v) is 4.23. The molecule has 1 N–H and O–H groups in total. The summed E-state index contributed by atoms with van der Waals surface area (Å²) in [5.41, 5.74) is -0.426. The van der Waals surface area contributed by atoms with Gasteiger partial charge in [0.15, 0.2) is 0 Å². The molecular formula is C10H15NO4S. The lowest BCUT2D eigenvalue weighted by molar-refractivity contribution is -0.143. The number of rotatable bonds is 0. The molecule has 1 unspecified atom stereocenters. The molecule has 16 heavy (non-hydrogen) atoms. The van der Waals surface area contributed by atoms with E-state index in [0.29, 0.717) is 12.8 Å². The van der Waals surface area contributed by atoms with E-state index in [9.17, 15) is 18.0 Å². The number of carbonyl (C=O) groups excluding carboxylic acids is 2. The van der Waals surface area contributed by atoms with Crippen LogP contribution in [0.3, 0.4) is 0 Å². The molecule has 2 saturated heterocycles. The topological polar surface area (TPSA) is 80.3 Å². The lowest BCUT2D eigenvalue weighted by Gasteiger charge is -2.43. The summed E-state index contributed by atoms with van der Waals surface area (Å²) in [4.78, 5) is 22.9. The lowest BCUT2D eigenvalue weighted by Crippen LogP contribution is -2.53. The standard InChI is InChI=1S/C10H15NO4S/c1-7-9(13)11-8(12)6-10(7)2-4-16(14,15)5-3-10/h7H,2-6H2,1H3,(H,11,12,13). The predicted molar refractivity (Wildman–Crippen MR) is 57.3 cm³/mol. The third-order valence-electron chi connectivity index (χ3n) is 3.91. The number of amides is 2. The van der Waals surface area contributed by atoms with Crippen LogP contribution in [0.1, 0.15) is 26.2 Å². The average molecular weight is 245 g/mol. The summed E-state index contributed by atoms with van der Waals surface area (Å²) in [6, 6.07) is 0. The summed E-state index contributed by atoms with van der Waals surface area (Å²) in [6.07, 6.45) is 1.13. The molecule has 0 aromatic heterocycles. The fraction of sp³-hybridized carbons (Fsp3) is 0.800. The Balaban J connectivity index is 2.24. The van der Waals surface area contributed by atoms with Gasteiger partial charge in [0.05, 0.1) is 11.5 Å². The van der Waals surface area contributed by atoms with E-state index in [0.717, 1.165) is 0 Å². The van der Waals surface area contributed by atoms with Gasteiger partial charge in [0.25, 0.3) is 0 Å². The molecule has 90 valence electrons. The van der Waals surface area contributed by atoms with Crippen LogP contribution in [0.5, 0.6) is 0 Å². The second-order valence-electron chi connectivity index (χ2n) is 4.83. The second kappa shape index (κ2) is 3.55. The van der Waals surface area contributed by atoms with E-state index in [1.807, 2.05) is 0 Å². The monoisotopic (exact) mass is 245 g/mol. The van der Waals surface area contributed by atoms with E-state index in [1.165, 1.54) is 0 Å². The number of carbonyl (C=O) groups is 2. The second-order valence-corrected chi connectivity index (χ2v) is 7.13. The van der Waals surface area contributed by atoms with E-state index >= 15 is 0 Å². The normalized spacial score (nSPS) is 32.4. The zero-order valence-electron chi connectivity index (χ0n) is 9.15. The Kier molecular flexibility index (Phi) is 2.57. The Morgan fingerprint density at radius 2 is 1.81 bits per heavy atom. The highest BCUT2D eigenvalue weighted by Crippen LogP contribution is 2.44.